The van der Waals surface area contributed by atoms with E-state index < -0.39 is 6.10 Å². The monoisotopic (exact) mass is 1130 g/mol. The van der Waals surface area contributed by atoms with Crippen molar-refractivity contribution in [1.82, 2.24) is 0 Å². The zero-order valence-electron chi connectivity index (χ0n) is 53.8. The zero-order valence-corrected chi connectivity index (χ0v) is 53.8. The van der Waals surface area contributed by atoms with Crippen molar-refractivity contribution in [3.8, 4) is 0 Å². The smallest absolute Gasteiger partial charge is 0.306 e. The molecule has 0 rings (SSSR count). The van der Waals surface area contributed by atoms with Gasteiger partial charge in [0.25, 0.3) is 0 Å². The molecule has 0 N–H and O–H groups in total. The Morgan fingerprint density at radius 2 is 0.457 bits per heavy atom. The van der Waals surface area contributed by atoms with Crippen LogP contribution in [0.1, 0.15) is 355 Å². The van der Waals surface area contributed by atoms with E-state index in [0.29, 0.717) is 19.3 Å². The van der Waals surface area contributed by atoms with Gasteiger partial charge in [0.15, 0.2) is 6.10 Å². The van der Waals surface area contributed by atoms with Gasteiger partial charge in [0.1, 0.15) is 13.2 Å². The van der Waals surface area contributed by atoms with Gasteiger partial charge in [-0.3, -0.25) is 14.4 Å². The third kappa shape index (κ3) is 67.3. The molecule has 0 aliphatic heterocycles. The van der Waals surface area contributed by atoms with Crippen molar-refractivity contribution in [2.75, 3.05) is 13.2 Å². The summed E-state index contributed by atoms with van der Waals surface area (Å²) in [5.41, 5.74) is 0. The molecule has 81 heavy (non-hydrogen) atoms. The van der Waals surface area contributed by atoms with Crippen LogP contribution in [0, 0.1) is 0 Å². The lowest BCUT2D eigenvalue weighted by molar-refractivity contribution is -0.167. The number of ether oxygens (including phenoxy) is 3. The lowest BCUT2D eigenvalue weighted by Gasteiger charge is -2.18. The van der Waals surface area contributed by atoms with Crippen LogP contribution in [-0.2, 0) is 28.6 Å². The minimum absolute atomic E-state index is 0.0824. The molecule has 0 heterocycles. The van der Waals surface area contributed by atoms with Gasteiger partial charge in [0, 0.05) is 19.3 Å². The summed E-state index contributed by atoms with van der Waals surface area (Å²) in [5, 5.41) is 0. The Hall–Kier alpha value is -3.41. The molecule has 0 aliphatic rings. The van der Waals surface area contributed by atoms with E-state index in [4.69, 9.17) is 14.2 Å². The molecule has 468 valence electrons. The number of hydrogen-bond donors (Lipinski definition) is 0. The Balaban J connectivity index is 4.20. The average molecular weight is 1130 g/mol. The summed E-state index contributed by atoms with van der Waals surface area (Å²) in [6, 6.07) is 0. The molecule has 0 bridgehead atoms. The molecule has 0 saturated heterocycles. The zero-order chi connectivity index (χ0) is 58.5. The molecule has 0 aromatic heterocycles. The maximum atomic E-state index is 12.9. The molecular formula is C75H132O6. The Morgan fingerprint density at radius 3 is 0.741 bits per heavy atom. The molecule has 6 heteroatoms. The van der Waals surface area contributed by atoms with Gasteiger partial charge in [-0.05, 0) is 116 Å². The van der Waals surface area contributed by atoms with Crippen LogP contribution in [0.3, 0.4) is 0 Å². The van der Waals surface area contributed by atoms with Crippen molar-refractivity contribution in [3.63, 3.8) is 0 Å². The van der Waals surface area contributed by atoms with E-state index in [-0.39, 0.29) is 31.1 Å². The first-order chi connectivity index (χ1) is 40.0. The molecule has 0 aromatic carbocycles. The first-order valence-electron chi connectivity index (χ1n) is 35.1. The van der Waals surface area contributed by atoms with Crippen molar-refractivity contribution in [2.45, 2.75) is 361 Å². The lowest BCUT2D eigenvalue weighted by atomic mass is 10.0. The van der Waals surface area contributed by atoms with Gasteiger partial charge < -0.3 is 14.2 Å². The summed E-state index contributed by atoms with van der Waals surface area (Å²) in [6.07, 6.45) is 91.9. The normalized spacial score (nSPS) is 12.6. The summed E-state index contributed by atoms with van der Waals surface area (Å²) in [4.78, 5) is 38.3. The van der Waals surface area contributed by atoms with Gasteiger partial charge in [-0.2, -0.15) is 0 Å². The number of rotatable bonds is 64. The summed E-state index contributed by atoms with van der Waals surface area (Å²) in [7, 11) is 0. The summed E-state index contributed by atoms with van der Waals surface area (Å²) in [5.74, 6) is -0.891. The summed E-state index contributed by atoms with van der Waals surface area (Å²) >= 11 is 0. The molecule has 0 amide bonds. The first kappa shape index (κ1) is 77.6. The molecule has 0 saturated carbocycles. The number of hydrogen-bond acceptors (Lipinski definition) is 6. The number of carbonyl (C=O) groups excluding carboxylic acids is 3. The van der Waals surface area contributed by atoms with Gasteiger partial charge in [0.2, 0.25) is 0 Å². The maximum Gasteiger partial charge on any atom is 0.306 e. The van der Waals surface area contributed by atoms with Crippen molar-refractivity contribution >= 4 is 17.9 Å². The van der Waals surface area contributed by atoms with Gasteiger partial charge in [-0.15, -0.1) is 0 Å². The maximum absolute atomic E-state index is 12.9. The Bertz CT molecular complexity index is 1530. The first-order valence-corrected chi connectivity index (χ1v) is 35.1. The predicted molar refractivity (Wildman–Crippen MR) is 353 cm³/mol. The van der Waals surface area contributed by atoms with Crippen molar-refractivity contribution in [1.29, 1.82) is 0 Å². The van der Waals surface area contributed by atoms with Gasteiger partial charge >= 0.3 is 17.9 Å². The van der Waals surface area contributed by atoms with Gasteiger partial charge in [0.05, 0.1) is 0 Å². The highest BCUT2D eigenvalue weighted by Gasteiger charge is 2.19. The largest absolute Gasteiger partial charge is 0.462 e. The van der Waals surface area contributed by atoms with E-state index in [0.717, 1.165) is 103 Å². The van der Waals surface area contributed by atoms with Crippen LogP contribution < -0.4 is 0 Å². The van der Waals surface area contributed by atoms with Crippen molar-refractivity contribution < 1.29 is 28.6 Å². The van der Waals surface area contributed by atoms with E-state index in [2.05, 4.69) is 106 Å². The van der Waals surface area contributed by atoms with Crippen LogP contribution in [-0.4, -0.2) is 37.2 Å². The van der Waals surface area contributed by atoms with E-state index in [9.17, 15) is 14.4 Å². The number of carbonyl (C=O) groups is 3. The third-order valence-corrected chi connectivity index (χ3v) is 15.3. The standard InChI is InChI=1S/C75H132O6/c1-4-7-10-13-16-19-22-24-26-28-30-32-33-34-35-36-37-38-39-40-41-43-44-46-48-50-53-56-59-62-65-68-74(77)80-71-72(70-79-73(76)67-64-61-58-55-52-21-18-15-12-9-6-3)81-75(78)69-66-63-60-57-54-51-49-47-45-42-31-29-27-25-23-20-17-14-11-8-5-2/h15,18,22-25,28-31,33-34,45,47,72H,4-14,16-17,19-21,26-27,32,35-44,46,48-71H2,1-3H3/b18-15-,24-22-,25-23-,30-28-,31-29-,34-33-,47-45-. The van der Waals surface area contributed by atoms with E-state index in [1.54, 1.807) is 0 Å². The van der Waals surface area contributed by atoms with Crippen LogP contribution >= 0.6 is 0 Å². The van der Waals surface area contributed by atoms with Crippen LogP contribution in [0.15, 0.2) is 85.1 Å². The SMILES string of the molecule is CCCC/C=C\CCCCCCCC(=O)OCC(COC(=O)CCCCCCCCCCCCCCCCCC/C=C\C/C=C\C/C=C\CCCCCCC)OC(=O)CCCCCCCC/C=C\C/C=C\C/C=C\CCCCCCC. The fourth-order valence-corrected chi connectivity index (χ4v) is 10.0. The quantitative estimate of drug-likeness (QED) is 0.0261. The average Bonchev–Trinajstić information content (AvgIpc) is 3.47. The summed E-state index contributed by atoms with van der Waals surface area (Å²) in [6.45, 7) is 6.60. The highest BCUT2D eigenvalue weighted by molar-refractivity contribution is 5.71. The Labute approximate surface area is 503 Å². The predicted octanol–water partition coefficient (Wildman–Crippen LogP) is 24.2. The Morgan fingerprint density at radius 1 is 0.247 bits per heavy atom. The molecule has 6 nitrogen and oxygen atoms in total. The minimum Gasteiger partial charge on any atom is -0.462 e. The molecule has 0 fully saturated rings. The van der Waals surface area contributed by atoms with Gasteiger partial charge in [-0.1, -0.05) is 305 Å². The fraction of sp³-hybridized carbons (Fsp3) is 0.773. The highest BCUT2D eigenvalue weighted by Crippen LogP contribution is 2.17. The van der Waals surface area contributed by atoms with E-state index in [1.807, 2.05) is 0 Å². The van der Waals surface area contributed by atoms with Crippen molar-refractivity contribution in [2.24, 2.45) is 0 Å². The molecule has 0 aliphatic carbocycles. The van der Waals surface area contributed by atoms with Crippen molar-refractivity contribution in [3.05, 3.63) is 85.1 Å². The molecule has 0 aromatic rings. The lowest BCUT2D eigenvalue weighted by Crippen LogP contribution is -2.30. The minimum atomic E-state index is -0.787. The molecular weight excluding hydrogens is 997 g/mol. The second-order valence-electron chi connectivity index (χ2n) is 23.4. The van der Waals surface area contributed by atoms with E-state index in [1.165, 1.54) is 212 Å². The summed E-state index contributed by atoms with van der Waals surface area (Å²) < 4.78 is 16.9. The van der Waals surface area contributed by atoms with Crippen LogP contribution in [0.2, 0.25) is 0 Å². The molecule has 0 spiro atoms. The second-order valence-corrected chi connectivity index (χ2v) is 23.4. The second kappa shape index (κ2) is 69.1. The third-order valence-electron chi connectivity index (χ3n) is 15.3. The molecule has 1 atom stereocenters. The highest BCUT2D eigenvalue weighted by atomic mass is 16.6. The Kier molecular flexibility index (Phi) is 66.2. The van der Waals surface area contributed by atoms with E-state index >= 15 is 0 Å². The fourth-order valence-electron chi connectivity index (χ4n) is 10.0. The number of esters is 3. The number of unbranched alkanes of at least 4 members (excludes halogenated alkanes) is 39. The van der Waals surface area contributed by atoms with Gasteiger partial charge in [-0.25, -0.2) is 0 Å². The molecule has 0 radical (unpaired) electrons. The topological polar surface area (TPSA) is 78.9 Å². The molecule has 1 unspecified atom stereocenters. The van der Waals surface area contributed by atoms with Crippen LogP contribution in [0.25, 0.3) is 0 Å². The van der Waals surface area contributed by atoms with Crippen LogP contribution in [0.4, 0.5) is 0 Å². The number of allylic oxidation sites excluding steroid dienone is 14. The van der Waals surface area contributed by atoms with Crippen LogP contribution in [0.5, 0.6) is 0 Å².